The largest absolute Gasteiger partial charge is 0.117 e. The van der Waals surface area contributed by atoms with Crippen LogP contribution in [0.2, 0.25) is 0 Å². The fourth-order valence-corrected chi connectivity index (χ4v) is 11.5. The van der Waals surface area contributed by atoms with Gasteiger partial charge in [-0.15, -0.1) is 0 Å². The third-order valence-electron chi connectivity index (χ3n) is 6.78. The van der Waals surface area contributed by atoms with Crippen molar-refractivity contribution in [3.8, 4) is 0 Å². The van der Waals surface area contributed by atoms with Gasteiger partial charge in [-0.05, 0) is 74.1 Å². The molecule has 0 bridgehead atoms. The van der Waals surface area contributed by atoms with E-state index in [1.54, 1.807) is 0 Å². The number of hydrogen-bond donors (Lipinski definition) is 0. The molecule has 1 heteroatoms. The van der Waals surface area contributed by atoms with Crippen LogP contribution in [-0.2, 0) is 6.42 Å². The summed E-state index contributed by atoms with van der Waals surface area (Å²) in [6.45, 7) is 9.91. The van der Waals surface area contributed by atoms with Gasteiger partial charge in [-0.3, -0.25) is 0 Å². The molecule has 4 rings (SSSR count). The van der Waals surface area contributed by atoms with Gasteiger partial charge in [-0.25, -0.2) is 0 Å². The van der Waals surface area contributed by atoms with Crippen molar-refractivity contribution >= 4 is 23.2 Å². The molecule has 0 spiro atoms. The summed E-state index contributed by atoms with van der Waals surface area (Å²) in [6, 6.07) is 44.8. The fourth-order valence-electron chi connectivity index (χ4n) is 5.95. The summed E-state index contributed by atoms with van der Waals surface area (Å²) >= 11 is 0. The highest BCUT2D eigenvalue weighted by Gasteiger charge is 2.58. The number of benzene rings is 4. The van der Waals surface area contributed by atoms with Crippen LogP contribution < -0.4 is 15.9 Å². The Kier molecular flexibility index (Phi) is 6.87. The molecule has 0 unspecified atom stereocenters. The van der Waals surface area contributed by atoms with Crippen molar-refractivity contribution in [1.82, 2.24) is 0 Å². The maximum atomic E-state index is 2.51. The van der Waals surface area contributed by atoms with E-state index in [9.17, 15) is 0 Å². The minimum Gasteiger partial charge on any atom is -0.0622 e. The monoisotopic (exact) mass is 451 g/mol. The van der Waals surface area contributed by atoms with E-state index >= 15 is 0 Å². The zero-order valence-corrected chi connectivity index (χ0v) is 21.3. The normalized spacial score (nSPS) is 12.5. The van der Waals surface area contributed by atoms with E-state index in [2.05, 4.69) is 149 Å². The Bertz CT molecular complexity index is 1030. The minimum absolute atomic E-state index is 0.0509. The molecule has 0 N–H and O–H groups in total. The molecule has 0 aliphatic carbocycles. The molecule has 4 aromatic rings. The topological polar surface area (TPSA) is 0 Å². The quantitative estimate of drug-likeness (QED) is 0.245. The van der Waals surface area contributed by atoms with Gasteiger partial charge in [0.1, 0.15) is 23.2 Å². The summed E-state index contributed by atoms with van der Waals surface area (Å²) < 4.78 is 0. The maximum absolute atomic E-state index is 2.51. The van der Waals surface area contributed by atoms with Crippen LogP contribution in [-0.4, -0.2) is 5.16 Å². The van der Waals surface area contributed by atoms with Crippen molar-refractivity contribution in [2.45, 2.75) is 45.7 Å². The molecule has 0 amide bonds. The Hall–Kier alpha value is -2.69. The molecule has 0 fully saturated rings. The zero-order valence-electron chi connectivity index (χ0n) is 20.4. The zero-order chi connectivity index (χ0) is 23.4. The molecule has 168 valence electrons. The Labute approximate surface area is 201 Å². The lowest BCUT2D eigenvalue weighted by Crippen LogP contribution is -2.46. The summed E-state index contributed by atoms with van der Waals surface area (Å²) in [7, 11) is -1.96. The first kappa shape index (κ1) is 23.5. The first-order valence-corrected chi connectivity index (χ1v) is 13.7. The smallest absolute Gasteiger partial charge is 0.0622 e. The Balaban J connectivity index is 1.90. The van der Waals surface area contributed by atoms with E-state index in [1.807, 2.05) is 0 Å². The highest BCUT2D eigenvalue weighted by atomic mass is 31.2. The Morgan fingerprint density at radius 3 is 1.18 bits per heavy atom. The fraction of sp³-hybridized carbons (Fsp3) is 0.250. The highest BCUT2D eigenvalue weighted by Crippen LogP contribution is 2.68. The third kappa shape index (κ3) is 4.83. The van der Waals surface area contributed by atoms with Crippen molar-refractivity contribution in [2.75, 3.05) is 0 Å². The lowest BCUT2D eigenvalue weighted by atomic mass is 9.78. The molecule has 0 atom stereocenters. The maximum Gasteiger partial charge on any atom is 0.117 e. The molecule has 0 aliphatic rings. The molecule has 4 aromatic carbocycles. The van der Waals surface area contributed by atoms with E-state index < -0.39 is 7.26 Å². The average molecular weight is 452 g/mol. The van der Waals surface area contributed by atoms with Gasteiger partial charge in [0.15, 0.2) is 0 Å². The predicted molar refractivity (Wildman–Crippen MR) is 148 cm³/mol. The van der Waals surface area contributed by atoms with E-state index in [-0.39, 0.29) is 10.6 Å². The molecule has 0 heterocycles. The van der Waals surface area contributed by atoms with Crippen LogP contribution in [0.4, 0.5) is 0 Å². The summed E-state index contributed by atoms with van der Waals surface area (Å²) in [5.74, 6) is 0. The molecule has 0 nitrogen and oxygen atoms in total. The number of hydrogen-bond acceptors (Lipinski definition) is 0. The predicted octanol–water partition coefficient (Wildman–Crippen LogP) is 7.42. The minimum atomic E-state index is -1.96. The van der Waals surface area contributed by atoms with Gasteiger partial charge in [0.2, 0.25) is 0 Å². The first-order valence-electron chi connectivity index (χ1n) is 12.0. The summed E-state index contributed by atoms with van der Waals surface area (Å²) in [5, 5.41) is 4.43. The van der Waals surface area contributed by atoms with Crippen LogP contribution in [0.25, 0.3) is 0 Å². The van der Waals surface area contributed by atoms with Gasteiger partial charge in [-0.1, -0.05) is 98.8 Å². The van der Waals surface area contributed by atoms with Crippen LogP contribution in [0.15, 0.2) is 121 Å². The molecule has 0 saturated carbocycles. The average Bonchev–Trinajstić information content (AvgIpc) is 2.81. The van der Waals surface area contributed by atoms with Crippen molar-refractivity contribution < 1.29 is 0 Å². The van der Waals surface area contributed by atoms with Crippen LogP contribution in [0, 0.1) is 5.41 Å². The second kappa shape index (κ2) is 9.66. The lowest BCUT2D eigenvalue weighted by Gasteiger charge is -2.44. The van der Waals surface area contributed by atoms with Crippen LogP contribution >= 0.6 is 7.26 Å². The molecular formula is C32H36P+. The van der Waals surface area contributed by atoms with Crippen LogP contribution in [0.1, 0.15) is 39.7 Å². The highest BCUT2D eigenvalue weighted by molar-refractivity contribution is 7.96. The second-order valence-electron chi connectivity index (χ2n) is 10.5. The number of rotatable bonds is 8. The Morgan fingerprint density at radius 2 is 0.818 bits per heavy atom. The SMILES string of the molecule is CC(C)(Cc1ccccc1)CC(C)(C)[P+](c1ccccc1)(c1ccccc1)c1ccccc1. The molecule has 0 radical (unpaired) electrons. The molecule has 0 aliphatic heterocycles. The van der Waals surface area contributed by atoms with Gasteiger partial charge >= 0.3 is 0 Å². The first-order chi connectivity index (χ1) is 15.9. The second-order valence-corrected chi connectivity index (χ2v) is 14.6. The Morgan fingerprint density at radius 1 is 0.485 bits per heavy atom. The molecular weight excluding hydrogens is 415 g/mol. The standard InChI is InChI=1S/C32H36P/c1-31(2,25-27-17-9-5-10-18-27)26-32(3,4)33(28-19-11-6-12-20-28,29-21-13-7-14-22-29)30-23-15-8-16-24-30/h5-24H,25-26H2,1-4H3/q+1. The summed E-state index contributed by atoms with van der Waals surface area (Å²) in [6.07, 6.45) is 2.21. The van der Waals surface area contributed by atoms with Gasteiger partial charge < -0.3 is 0 Å². The van der Waals surface area contributed by atoms with Crippen molar-refractivity contribution in [3.63, 3.8) is 0 Å². The van der Waals surface area contributed by atoms with Gasteiger partial charge in [0.05, 0.1) is 5.16 Å². The van der Waals surface area contributed by atoms with E-state index in [4.69, 9.17) is 0 Å². The van der Waals surface area contributed by atoms with Gasteiger partial charge in [0.25, 0.3) is 0 Å². The van der Waals surface area contributed by atoms with Crippen molar-refractivity contribution in [3.05, 3.63) is 127 Å². The van der Waals surface area contributed by atoms with Gasteiger partial charge in [0, 0.05) is 0 Å². The van der Waals surface area contributed by atoms with E-state index in [0.717, 1.165) is 12.8 Å². The van der Waals surface area contributed by atoms with Crippen LogP contribution in [0.3, 0.4) is 0 Å². The molecule has 0 saturated heterocycles. The summed E-state index contributed by atoms with van der Waals surface area (Å²) in [5.41, 5.74) is 1.58. The van der Waals surface area contributed by atoms with Gasteiger partial charge in [-0.2, -0.15) is 0 Å². The summed E-state index contributed by atoms with van der Waals surface area (Å²) in [4.78, 5) is 0. The van der Waals surface area contributed by atoms with Crippen molar-refractivity contribution in [2.24, 2.45) is 5.41 Å². The van der Waals surface area contributed by atoms with Crippen molar-refractivity contribution in [1.29, 1.82) is 0 Å². The molecule has 33 heavy (non-hydrogen) atoms. The molecule has 0 aromatic heterocycles. The lowest BCUT2D eigenvalue weighted by molar-refractivity contribution is 0.298. The van der Waals surface area contributed by atoms with E-state index in [0.29, 0.717) is 0 Å². The van der Waals surface area contributed by atoms with E-state index in [1.165, 1.54) is 21.5 Å². The third-order valence-corrected chi connectivity index (χ3v) is 12.0. The van der Waals surface area contributed by atoms with Crippen LogP contribution in [0.5, 0.6) is 0 Å².